The Hall–Kier alpha value is -2.70. The Morgan fingerprint density at radius 3 is 2.19 bits per heavy atom. The predicted molar refractivity (Wildman–Crippen MR) is 107 cm³/mol. The Morgan fingerprint density at radius 2 is 1.54 bits per heavy atom. The van der Waals surface area contributed by atoms with Crippen LogP contribution in [0, 0.1) is 6.92 Å². The van der Waals surface area contributed by atoms with Crippen molar-refractivity contribution >= 4 is 51.9 Å². The van der Waals surface area contributed by atoms with Gasteiger partial charge in [-0.15, -0.1) is 0 Å². The van der Waals surface area contributed by atoms with Gasteiger partial charge in [0, 0.05) is 15.7 Å². The van der Waals surface area contributed by atoms with Crippen molar-refractivity contribution in [1.29, 1.82) is 0 Å². The molecule has 1 aromatic heterocycles. The van der Waals surface area contributed by atoms with Gasteiger partial charge in [0.15, 0.2) is 11.6 Å². The van der Waals surface area contributed by atoms with E-state index in [2.05, 4.69) is 20.6 Å². The minimum Gasteiger partial charge on any atom is -0.495 e. The van der Waals surface area contributed by atoms with E-state index < -0.39 is 0 Å². The summed E-state index contributed by atoms with van der Waals surface area (Å²) >= 11 is 12.1. The summed E-state index contributed by atoms with van der Waals surface area (Å²) in [6.45, 7) is 1.95. The first kappa shape index (κ1) is 18.1. The summed E-state index contributed by atoms with van der Waals surface area (Å²) in [5.41, 5.74) is 9.08. The summed E-state index contributed by atoms with van der Waals surface area (Å²) in [4.78, 5) is 8.43. The van der Waals surface area contributed by atoms with Gasteiger partial charge in [0.05, 0.1) is 12.8 Å². The highest BCUT2D eigenvalue weighted by atomic mass is 35.5. The van der Waals surface area contributed by atoms with Crippen molar-refractivity contribution in [2.45, 2.75) is 6.92 Å². The van der Waals surface area contributed by atoms with Gasteiger partial charge in [-0.05, 0) is 48.9 Å². The lowest BCUT2D eigenvalue weighted by atomic mass is 10.2. The zero-order valence-electron chi connectivity index (χ0n) is 14.2. The van der Waals surface area contributed by atoms with E-state index in [1.54, 1.807) is 31.4 Å². The SMILES string of the molecule is COc1ccc(Cl)cc1Nc1ncnc(Nc2ccc(Cl)cc2C)c1N. The molecule has 0 unspecified atom stereocenters. The smallest absolute Gasteiger partial charge is 0.159 e. The second kappa shape index (κ2) is 7.68. The van der Waals surface area contributed by atoms with Gasteiger partial charge in [0.25, 0.3) is 0 Å². The summed E-state index contributed by atoms with van der Waals surface area (Å²) in [6, 6.07) is 10.8. The van der Waals surface area contributed by atoms with Crippen LogP contribution < -0.4 is 21.1 Å². The number of methoxy groups -OCH3 is 1. The van der Waals surface area contributed by atoms with Crippen LogP contribution in [0.3, 0.4) is 0 Å². The van der Waals surface area contributed by atoms with Gasteiger partial charge in [-0.25, -0.2) is 9.97 Å². The molecule has 0 aliphatic carbocycles. The van der Waals surface area contributed by atoms with E-state index in [9.17, 15) is 0 Å². The number of ether oxygens (including phenoxy) is 1. The number of rotatable bonds is 5. The van der Waals surface area contributed by atoms with Crippen molar-refractivity contribution in [1.82, 2.24) is 9.97 Å². The van der Waals surface area contributed by atoms with Crippen LogP contribution in [0.1, 0.15) is 5.56 Å². The number of hydrogen-bond donors (Lipinski definition) is 3. The van der Waals surface area contributed by atoms with Gasteiger partial charge in [-0.2, -0.15) is 0 Å². The summed E-state index contributed by atoms with van der Waals surface area (Å²) in [7, 11) is 1.58. The molecule has 26 heavy (non-hydrogen) atoms. The fourth-order valence-corrected chi connectivity index (χ4v) is 2.79. The average Bonchev–Trinajstić information content (AvgIpc) is 2.61. The normalized spacial score (nSPS) is 10.5. The number of nitrogens with zero attached hydrogens (tertiary/aromatic N) is 2. The minimum atomic E-state index is 0.365. The number of benzene rings is 2. The molecular formula is C18H17Cl2N5O. The van der Waals surface area contributed by atoms with Crippen LogP contribution in [0.15, 0.2) is 42.7 Å². The van der Waals surface area contributed by atoms with Crippen molar-refractivity contribution < 1.29 is 4.74 Å². The molecule has 0 saturated carbocycles. The second-order valence-electron chi connectivity index (χ2n) is 5.54. The summed E-state index contributed by atoms with van der Waals surface area (Å²) in [6.07, 6.45) is 1.42. The summed E-state index contributed by atoms with van der Waals surface area (Å²) in [5.74, 6) is 1.54. The van der Waals surface area contributed by atoms with Crippen LogP contribution in [-0.4, -0.2) is 17.1 Å². The van der Waals surface area contributed by atoms with E-state index in [4.69, 9.17) is 33.7 Å². The Morgan fingerprint density at radius 1 is 0.923 bits per heavy atom. The third-order valence-electron chi connectivity index (χ3n) is 3.74. The first-order valence-corrected chi connectivity index (χ1v) is 8.47. The molecule has 2 aromatic carbocycles. The standard InChI is InChI=1S/C18H17Cl2N5O/c1-10-7-11(19)3-5-13(10)24-17-16(21)18(23-9-22-17)25-14-8-12(20)4-6-15(14)26-2/h3-9H,21H2,1-2H3,(H2,22,23,24,25). The molecule has 134 valence electrons. The third kappa shape index (κ3) is 3.92. The van der Waals surface area contributed by atoms with Crippen LogP contribution >= 0.6 is 23.2 Å². The Bertz CT molecular complexity index is 949. The molecular weight excluding hydrogens is 373 g/mol. The van der Waals surface area contributed by atoms with Crippen LogP contribution in [-0.2, 0) is 0 Å². The number of nitrogen functional groups attached to an aromatic ring is 1. The molecule has 0 saturated heterocycles. The Kier molecular flexibility index (Phi) is 5.35. The Labute approximate surface area is 161 Å². The monoisotopic (exact) mass is 389 g/mol. The fraction of sp³-hybridized carbons (Fsp3) is 0.111. The van der Waals surface area contributed by atoms with Gasteiger partial charge in [0.2, 0.25) is 0 Å². The first-order valence-electron chi connectivity index (χ1n) is 7.72. The highest BCUT2D eigenvalue weighted by Crippen LogP contribution is 2.34. The number of nitrogens with two attached hydrogens (primary N) is 1. The number of anilines is 5. The minimum absolute atomic E-state index is 0.365. The molecule has 1 heterocycles. The van der Waals surface area contributed by atoms with Crippen molar-refractivity contribution in [3.05, 3.63) is 58.3 Å². The van der Waals surface area contributed by atoms with Crippen LogP contribution in [0.4, 0.5) is 28.7 Å². The quantitative estimate of drug-likeness (QED) is 0.557. The van der Waals surface area contributed by atoms with Crippen molar-refractivity contribution in [3.8, 4) is 5.75 Å². The van der Waals surface area contributed by atoms with Crippen molar-refractivity contribution in [2.75, 3.05) is 23.5 Å². The molecule has 0 spiro atoms. The topological polar surface area (TPSA) is 85.1 Å². The average molecular weight is 390 g/mol. The zero-order valence-corrected chi connectivity index (χ0v) is 15.7. The second-order valence-corrected chi connectivity index (χ2v) is 6.41. The van der Waals surface area contributed by atoms with E-state index in [1.165, 1.54) is 6.33 Å². The fourth-order valence-electron chi connectivity index (χ4n) is 2.40. The van der Waals surface area contributed by atoms with Crippen molar-refractivity contribution in [3.63, 3.8) is 0 Å². The highest BCUT2D eigenvalue weighted by molar-refractivity contribution is 6.31. The lowest BCUT2D eigenvalue weighted by Crippen LogP contribution is -2.06. The molecule has 0 atom stereocenters. The lowest BCUT2D eigenvalue weighted by molar-refractivity contribution is 0.417. The van der Waals surface area contributed by atoms with Gasteiger partial charge >= 0.3 is 0 Å². The predicted octanol–water partition coefficient (Wildman–Crippen LogP) is 5.17. The molecule has 4 N–H and O–H groups in total. The highest BCUT2D eigenvalue weighted by Gasteiger charge is 2.12. The van der Waals surface area contributed by atoms with E-state index in [0.717, 1.165) is 11.3 Å². The van der Waals surface area contributed by atoms with Crippen molar-refractivity contribution in [2.24, 2.45) is 0 Å². The third-order valence-corrected chi connectivity index (χ3v) is 4.21. The number of hydrogen-bond acceptors (Lipinski definition) is 6. The molecule has 3 aromatic rings. The van der Waals surface area contributed by atoms with E-state index in [-0.39, 0.29) is 0 Å². The largest absolute Gasteiger partial charge is 0.495 e. The van der Waals surface area contributed by atoms with Crippen LogP contribution in [0.25, 0.3) is 0 Å². The van der Waals surface area contributed by atoms with E-state index >= 15 is 0 Å². The summed E-state index contributed by atoms with van der Waals surface area (Å²) < 4.78 is 5.33. The maximum absolute atomic E-state index is 6.24. The number of aromatic nitrogens is 2. The molecule has 0 aliphatic heterocycles. The summed E-state index contributed by atoms with van der Waals surface area (Å²) in [5, 5.41) is 7.57. The van der Waals surface area contributed by atoms with Crippen LogP contribution in [0.5, 0.6) is 5.75 Å². The van der Waals surface area contributed by atoms with E-state index in [0.29, 0.717) is 38.8 Å². The molecule has 0 bridgehead atoms. The van der Waals surface area contributed by atoms with Gasteiger partial charge in [-0.3, -0.25) is 0 Å². The maximum Gasteiger partial charge on any atom is 0.159 e. The number of halogens is 2. The molecule has 6 nitrogen and oxygen atoms in total. The van der Waals surface area contributed by atoms with Gasteiger partial charge < -0.3 is 21.1 Å². The van der Waals surface area contributed by atoms with Gasteiger partial charge in [0.1, 0.15) is 17.8 Å². The molecule has 8 heteroatoms. The van der Waals surface area contributed by atoms with Gasteiger partial charge in [-0.1, -0.05) is 23.2 Å². The maximum atomic E-state index is 6.24. The van der Waals surface area contributed by atoms with E-state index in [1.807, 2.05) is 19.1 Å². The first-order chi connectivity index (χ1) is 12.5. The lowest BCUT2D eigenvalue weighted by Gasteiger charge is -2.15. The molecule has 0 amide bonds. The van der Waals surface area contributed by atoms with Crippen LogP contribution in [0.2, 0.25) is 10.0 Å². The molecule has 0 radical (unpaired) electrons. The number of aryl methyl sites for hydroxylation is 1. The number of nitrogens with one attached hydrogen (secondary N) is 2. The Balaban J connectivity index is 1.91. The molecule has 0 fully saturated rings. The zero-order chi connectivity index (χ0) is 18.7. The molecule has 3 rings (SSSR count). The molecule has 0 aliphatic rings.